The molecule has 0 unspecified atom stereocenters. The zero-order chi connectivity index (χ0) is 25.4. The van der Waals surface area contributed by atoms with Crippen LogP contribution < -0.4 is 0 Å². The molecule has 0 aliphatic heterocycles. The summed E-state index contributed by atoms with van der Waals surface area (Å²) in [6.45, 7) is 13.1. The lowest BCUT2D eigenvalue weighted by molar-refractivity contribution is 1.37. The summed E-state index contributed by atoms with van der Waals surface area (Å²) in [5.74, 6) is 0. The van der Waals surface area contributed by atoms with E-state index in [0.717, 1.165) is 0 Å². The van der Waals surface area contributed by atoms with E-state index in [1.54, 1.807) is 0 Å². The van der Waals surface area contributed by atoms with Crippen molar-refractivity contribution in [2.45, 2.75) is 41.5 Å². The molecule has 5 aromatic carbocycles. The highest BCUT2D eigenvalue weighted by Crippen LogP contribution is 2.34. The van der Waals surface area contributed by atoms with Crippen LogP contribution in [0.4, 0.5) is 0 Å². The Kier molecular flexibility index (Phi) is 6.37. The van der Waals surface area contributed by atoms with Crippen molar-refractivity contribution >= 4 is 0 Å². The maximum atomic E-state index is 2.34. The van der Waals surface area contributed by atoms with Gasteiger partial charge >= 0.3 is 0 Å². The van der Waals surface area contributed by atoms with E-state index in [0.29, 0.717) is 0 Å². The number of hydrogen-bond acceptors (Lipinski definition) is 0. The third kappa shape index (κ3) is 4.64. The lowest BCUT2D eigenvalue weighted by Crippen LogP contribution is -1.91. The van der Waals surface area contributed by atoms with E-state index in [9.17, 15) is 0 Å². The molecule has 0 spiro atoms. The topological polar surface area (TPSA) is 0 Å². The Balaban J connectivity index is 1.44. The predicted molar refractivity (Wildman–Crippen MR) is 157 cm³/mol. The number of hydrogen-bond donors (Lipinski definition) is 0. The molecule has 0 N–H and O–H groups in total. The molecule has 0 aliphatic rings. The summed E-state index contributed by atoms with van der Waals surface area (Å²) >= 11 is 0. The van der Waals surface area contributed by atoms with Crippen molar-refractivity contribution in [3.8, 4) is 44.5 Å². The van der Waals surface area contributed by atoms with Crippen molar-refractivity contribution in [1.82, 2.24) is 0 Å². The van der Waals surface area contributed by atoms with Crippen molar-refractivity contribution in [3.05, 3.63) is 130 Å². The second-order valence-electron chi connectivity index (χ2n) is 10.3. The summed E-state index contributed by atoms with van der Waals surface area (Å²) in [7, 11) is 0. The Bertz CT molecular complexity index is 1430. The van der Waals surface area contributed by atoms with E-state index in [-0.39, 0.29) is 0 Å². The summed E-state index contributed by atoms with van der Waals surface area (Å²) < 4.78 is 0. The number of aryl methyl sites for hydroxylation is 6. The van der Waals surface area contributed by atoms with Gasteiger partial charge in [-0.1, -0.05) is 108 Å². The van der Waals surface area contributed by atoms with Crippen LogP contribution in [0.25, 0.3) is 44.5 Å². The molecule has 0 nitrogen and oxygen atoms in total. The molecular weight excluding hydrogens is 432 g/mol. The van der Waals surface area contributed by atoms with Crippen LogP contribution >= 0.6 is 0 Å². The molecule has 0 heteroatoms. The van der Waals surface area contributed by atoms with Crippen LogP contribution in [0.3, 0.4) is 0 Å². The monoisotopic (exact) mass is 466 g/mol. The van der Waals surface area contributed by atoms with Gasteiger partial charge in [-0.3, -0.25) is 0 Å². The van der Waals surface area contributed by atoms with Crippen LogP contribution in [-0.2, 0) is 0 Å². The molecule has 0 aliphatic carbocycles. The van der Waals surface area contributed by atoms with Gasteiger partial charge in [0.2, 0.25) is 0 Å². The van der Waals surface area contributed by atoms with Crippen LogP contribution in [0.2, 0.25) is 0 Å². The number of benzene rings is 5. The smallest absolute Gasteiger partial charge is 0.0152 e. The first-order valence-corrected chi connectivity index (χ1v) is 12.8. The maximum absolute atomic E-state index is 2.34. The Hall–Kier alpha value is -3.90. The zero-order valence-corrected chi connectivity index (χ0v) is 22.2. The first-order valence-electron chi connectivity index (χ1n) is 12.8. The first-order chi connectivity index (χ1) is 17.3. The molecule has 36 heavy (non-hydrogen) atoms. The van der Waals surface area contributed by atoms with Gasteiger partial charge in [0.15, 0.2) is 0 Å². The van der Waals surface area contributed by atoms with Crippen molar-refractivity contribution in [2.24, 2.45) is 0 Å². The SMILES string of the molecule is Cc1ccc(-c2ccc(-c3cc(C)c(-c4ccc(-c5ccc(C)cc5C)cc4)cc3C)cc2)c(C)c1. The average molecular weight is 467 g/mol. The quantitative estimate of drug-likeness (QED) is 0.247. The van der Waals surface area contributed by atoms with Crippen LogP contribution in [-0.4, -0.2) is 0 Å². The van der Waals surface area contributed by atoms with Gasteiger partial charge in [-0.25, -0.2) is 0 Å². The fraction of sp³-hybridized carbons (Fsp3) is 0.167. The van der Waals surface area contributed by atoms with E-state index in [4.69, 9.17) is 0 Å². The van der Waals surface area contributed by atoms with Crippen LogP contribution in [0.1, 0.15) is 33.4 Å². The Morgan fingerprint density at radius 3 is 0.861 bits per heavy atom. The van der Waals surface area contributed by atoms with Crippen molar-refractivity contribution < 1.29 is 0 Å². The van der Waals surface area contributed by atoms with Crippen LogP contribution in [0.5, 0.6) is 0 Å². The fourth-order valence-corrected chi connectivity index (χ4v) is 5.37. The minimum Gasteiger partial charge on any atom is -0.0587 e. The number of rotatable bonds is 4. The highest BCUT2D eigenvalue weighted by atomic mass is 14.1. The molecule has 0 heterocycles. The van der Waals surface area contributed by atoms with Gasteiger partial charge in [-0.15, -0.1) is 0 Å². The molecule has 0 radical (unpaired) electrons. The van der Waals surface area contributed by atoms with Gasteiger partial charge in [0.25, 0.3) is 0 Å². The normalized spacial score (nSPS) is 11.1. The Morgan fingerprint density at radius 2 is 0.556 bits per heavy atom. The van der Waals surface area contributed by atoms with Crippen LogP contribution in [0, 0.1) is 41.5 Å². The summed E-state index contributed by atoms with van der Waals surface area (Å²) in [5, 5.41) is 0. The minimum atomic E-state index is 1.26. The van der Waals surface area contributed by atoms with E-state index < -0.39 is 0 Å². The first kappa shape index (κ1) is 23.8. The Morgan fingerprint density at radius 1 is 0.278 bits per heavy atom. The van der Waals surface area contributed by atoms with Gasteiger partial charge in [0, 0.05) is 0 Å². The second kappa shape index (κ2) is 9.63. The van der Waals surface area contributed by atoms with Crippen molar-refractivity contribution in [2.75, 3.05) is 0 Å². The summed E-state index contributed by atoms with van der Waals surface area (Å²) in [6, 6.07) is 36.1. The van der Waals surface area contributed by atoms with Crippen molar-refractivity contribution in [3.63, 3.8) is 0 Å². The van der Waals surface area contributed by atoms with Gasteiger partial charge in [-0.2, -0.15) is 0 Å². The molecular formula is C36H34. The molecule has 0 atom stereocenters. The van der Waals surface area contributed by atoms with Gasteiger partial charge in [-0.05, 0) is 108 Å². The van der Waals surface area contributed by atoms with E-state index >= 15 is 0 Å². The molecule has 0 saturated heterocycles. The Labute approximate surface area is 216 Å². The molecule has 0 amide bonds. The third-order valence-electron chi connectivity index (χ3n) is 7.35. The maximum Gasteiger partial charge on any atom is -0.0152 e. The van der Waals surface area contributed by atoms with Crippen LogP contribution in [0.15, 0.2) is 97.1 Å². The summed E-state index contributed by atoms with van der Waals surface area (Å²) in [5.41, 5.74) is 18.1. The lowest BCUT2D eigenvalue weighted by atomic mass is 9.90. The molecule has 5 rings (SSSR count). The van der Waals surface area contributed by atoms with E-state index in [2.05, 4.69) is 139 Å². The van der Waals surface area contributed by atoms with Gasteiger partial charge < -0.3 is 0 Å². The molecule has 178 valence electrons. The molecule has 0 fully saturated rings. The summed E-state index contributed by atoms with van der Waals surface area (Å²) in [4.78, 5) is 0. The highest BCUT2D eigenvalue weighted by molar-refractivity contribution is 5.79. The lowest BCUT2D eigenvalue weighted by Gasteiger charge is -2.15. The standard InChI is InChI=1S/C36H34/c1-23-7-17-33(25(3)19-23)29-9-13-31(14-10-29)35-21-28(6)36(22-27(35)5)32-15-11-30(12-16-32)34-18-8-24(2)20-26(34)4/h7-22H,1-6H3. The fourth-order valence-electron chi connectivity index (χ4n) is 5.37. The highest BCUT2D eigenvalue weighted by Gasteiger charge is 2.11. The minimum absolute atomic E-state index is 1.26. The molecule has 0 aromatic heterocycles. The molecule has 0 bridgehead atoms. The largest absolute Gasteiger partial charge is 0.0587 e. The third-order valence-corrected chi connectivity index (χ3v) is 7.35. The predicted octanol–water partition coefficient (Wildman–Crippen LogP) is 10.2. The van der Waals surface area contributed by atoms with Gasteiger partial charge in [0.05, 0.1) is 0 Å². The van der Waals surface area contributed by atoms with Gasteiger partial charge in [0.1, 0.15) is 0 Å². The second-order valence-corrected chi connectivity index (χ2v) is 10.3. The van der Waals surface area contributed by atoms with E-state index in [1.165, 1.54) is 77.9 Å². The molecule has 5 aromatic rings. The molecule has 0 saturated carbocycles. The zero-order valence-electron chi connectivity index (χ0n) is 22.2. The summed E-state index contributed by atoms with van der Waals surface area (Å²) in [6.07, 6.45) is 0. The van der Waals surface area contributed by atoms with Crippen molar-refractivity contribution in [1.29, 1.82) is 0 Å². The van der Waals surface area contributed by atoms with E-state index in [1.807, 2.05) is 0 Å². The average Bonchev–Trinajstić information content (AvgIpc) is 2.86.